The van der Waals surface area contributed by atoms with E-state index < -0.39 is 5.82 Å². The van der Waals surface area contributed by atoms with Crippen LogP contribution in [-0.2, 0) is 4.79 Å². The Balaban J connectivity index is 0.000000195. The first-order valence-electron chi connectivity index (χ1n) is 13.0. The third-order valence-electron chi connectivity index (χ3n) is 5.94. The molecular weight excluding hydrogens is 569 g/mol. The molecule has 5 rings (SSSR count). The van der Waals surface area contributed by atoms with Crippen LogP contribution in [0.5, 0.6) is 5.75 Å². The summed E-state index contributed by atoms with van der Waals surface area (Å²) >= 11 is 6.77. The minimum Gasteiger partial charge on any atom is -0.494 e. The predicted octanol–water partition coefficient (Wildman–Crippen LogP) is 6.17. The summed E-state index contributed by atoms with van der Waals surface area (Å²) in [4.78, 5) is 27.1. The van der Waals surface area contributed by atoms with E-state index in [9.17, 15) is 19.1 Å². The number of thioether (sulfide) groups is 1. The van der Waals surface area contributed by atoms with Gasteiger partial charge in [0.1, 0.15) is 17.4 Å². The first-order chi connectivity index (χ1) is 19.8. The number of benzene rings is 2. The highest BCUT2D eigenvalue weighted by molar-refractivity contribution is 8.18. The molecule has 0 aliphatic carbocycles. The molecule has 12 heteroatoms. The minimum absolute atomic E-state index is 0.0283. The Morgan fingerprint density at radius 2 is 1.95 bits per heavy atom. The Labute approximate surface area is 245 Å². The monoisotopic (exact) mass is 597 g/mol. The summed E-state index contributed by atoms with van der Waals surface area (Å²) in [6.07, 6.45) is 5.10. The van der Waals surface area contributed by atoms with Crippen LogP contribution >= 0.6 is 23.4 Å². The summed E-state index contributed by atoms with van der Waals surface area (Å²) in [7, 11) is 0. The molecule has 1 unspecified atom stereocenters. The highest BCUT2D eigenvalue weighted by atomic mass is 35.5. The molecule has 1 aliphatic rings. The molecule has 0 bridgehead atoms. The molecular formula is C29H29ClFN5O4S. The molecule has 2 aromatic carbocycles. The lowest BCUT2D eigenvalue weighted by Gasteiger charge is -2.14. The first-order valence-corrected chi connectivity index (χ1v) is 14.2. The number of hydrogen-bond acceptors (Lipinski definition) is 8. The number of hydrogen-bond donors (Lipinski definition) is 3. The molecule has 3 heterocycles. The maximum atomic E-state index is 13.3. The number of aliphatic hydroxyl groups excluding tert-OH is 1. The summed E-state index contributed by atoms with van der Waals surface area (Å²) < 4.78 is 20.5. The fourth-order valence-electron chi connectivity index (χ4n) is 3.74. The van der Waals surface area contributed by atoms with E-state index in [1.807, 2.05) is 50.2 Å². The van der Waals surface area contributed by atoms with E-state index in [4.69, 9.17) is 16.3 Å². The van der Waals surface area contributed by atoms with Crippen molar-refractivity contribution in [3.63, 3.8) is 0 Å². The minimum atomic E-state index is -0.465. The molecule has 214 valence electrons. The zero-order chi connectivity index (χ0) is 29.4. The molecule has 1 saturated heterocycles. The largest absolute Gasteiger partial charge is 0.494 e. The molecule has 0 spiro atoms. The number of aromatic nitrogens is 3. The third kappa shape index (κ3) is 7.84. The third-order valence-corrected chi connectivity index (χ3v) is 7.04. The van der Waals surface area contributed by atoms with Crippen LogP contribution in [0, 0.1) is 5.82 Å². The topological polar surface area (TPSA) is 118 Å². The van der Waals surface area contributed by atoms with Gasteiger partial charge in [0.25, 0.3) is 11.1 Å². The number of carbonyl (C=O) groups is 2. The Kier molecular flexibility index (Phi) is 10.3. The summed E-state index contributed by atoms with van der Waals surface area (Å²) in [6, 6.07) is 15.5. The van der Waals surface area contributed by atoms with Crippen LogP contribution in [0.3, 0.4) is 0 Å². The smallest absolute Gasteiger partial charge is 0.290 e. The van der Waals surface area contributed by atoms with E-state index in [0.29, 0.717) is 28.7 Å². The number of nitrogens with one attached hydrogen (secondary N) is 2. The maximum absolute atomic E-state index is 13.3. The van der Waals surface area contributed by atoms with Gasteiger partial charge in [-0.1, -0.05) is 37.6 Å². The molecule has 2 aromatic heterocycles. The van der Waals surface area contributed by atoms with Crippen molar-refractivity contribution in [2.75, 3.05) is 18.5 Å². The molecule has 0 radical (unpaired) electrons. The second kappa shape index (κ2) is 14.1. The average Bonchev–Trinajstić information content (AvgIpc) is 3.54. The normalized spacial score (nSPS) is 14.5. The molecule has 1 atom stereocenters. The van der Waals surface area contributed by atoms with Crippen LogP contribution in [0.25, 0.3) is 23.0 Å². The molecule has 2 amide bonds. The van der Waals surface area contributed by atoms with Gasteiger partial charge >= 0.3 is 0 Å². The standard InChI is InChI=1S/C16H16ClFN4O.C13H13NO3S/c1-2-11(9-23)20-15-5-6-16-19-8-14(22(16)21-15)10-3-4-13(18)12(17)7-10;1-2-7-17-10-5-3-9(4-6-10)8-11-12(15)14-13(16)18-11/h3-8,11,23H,2,9H2,1H3,(H,20,21);3-6,8H,2,7H2,1H3,(H,14,15,16). The number of fused-ring (bicyclic) bond motifs is 1. The number of imidazole rings is 1. The number of imide groups is 1. The van der Waals surface area contributed by atoms with Crippen molar-refractivity contribution >= 4 is 52.1 Å². The average molecular weight is 598 g/mol. The van der Waals surface area contributed by atoms with E-state index in [-0.39, 0.29) is 28.8 Å². The highest BCUT2D eigenvalue weighted by Gasteiger charge is 2.24. The maximum Gasteiger partial charge on any atom is 0.290 e. The zero-order valence-corrected chi connectivity index (χ0v) is 24.0. The van der Waals surface area contributed by atoms with Crippen molar-refractivity contribution in [1.82, 2.24) is 19.9 Å². The van der Waals surface area contributed by atoms with Crippen LogP contribution in [0.1, 0.15) is 32.3 Å². The summed E-state index contributed by atoms with van der Waals surface area (Å²) in [5, 5.41) is 18.9. The number of amides is 2. The van der Waals surface area contributed by atoms with E-state index in [0.717, 1.165) is 41.5 Å². The van der Waals surface area contributed by atoms with E-state index in [1.54, 1.807) is 28.9 Å². The van der Waals surface area contributed by atoms with Crippen molar-refractivity contribution in [1.29, 1.82) is 0 Å². The second-order valence-electron chi connectivity index (χ2n) is 8.96. The second-order valence-corrected chi connectivity index (χ2v) is 10.4. The van der Waals surface area contributed by atoms with Crippen LogP contribution in [0.2, 0.25) is 5.02 Å². The molecule has 0 saturated carbocycles. The number of anilines is 1. The van der Waals surface area contributed by atoms with Crippen LogP contribution in [-0.4, -0.2) is 50.1 Å². The van der Waals surface area contributed by atoms with Crippen molar-refractivity contribution in [3.05, 3.63) is 82.1 Å². The van der Waals surface area contributed by atoms with E-state index in [1.165, 1.54) is 6.07 Å². The number of nitrogens with zero attached hydrogens (tertiary/aromatic N) is 3. The molecule has 41 heavy (non-hydrogen) atoms. The van der Waals surface area contributed by atoms with Gasteiger partial charge in [-0.25, -0.2) is 13.9 Å². The van der Waals surface area contributed by atoms with Gasteiger partial charge in [0, 0.05) is 5.56 Å². The van der Waals surface area contributed by atoms with E-state index >= 15 is 0 Å². The highest BCUT2D eigenvalue weighted by Crippen LogP contribution is 2.27. The van der Waals surface area contributed by atoms with Gasteiger partial charge < -0.3 is 15.2 Å². The van der Waals surface area contributed by atoms with Crippen LogP contribution < -0.4 is 15.4 Å². The fourth-order valence-corrected chi connectivity index (χ4v) is 4.60. The summed E-state index contributed by atoms with van der Waals surface area (Å²) in [6.45, 7) is 4.75. The Morgan fingerprint density at radius 1 is 1.17 bits per heavy atom. The molecule has 1 fully saturated rings. The van der Waals surface area contributed by atoms with Gasteiger partial charge in [0.15, 0.2) is 5.65 Å². The number of ether oxygens (including phenoxy) is 1. The predicted molar refractivity (Wildman–Crippen MR) is 160 cm³/mol. The Morgan fingerprint density at radius 3 is 2.59 bits per heavy atom. The summed E-state index contributed by atoms with van der Waals surface area (Å²) in [5.41, 5.74) is 2.97. The molecule has 9 nitrogen and oxygen atoms in total. The van der Waals surface area contributed by atoms with Gasteiger partial charge in [-0.2, -0.15) is 0 Å². The number of rotatable bonds is 9. The summed E-state index contributed by atoms with van der Waals surface area (Å²) in [5.74, 6) is 0.633. The van der Waals surface area contributed by atoms with Crippen molar-refractivity contribution in [3.8, 4) is 17.0 Å². The number of halogens is 2. The van der Waals surface area contributed by atoms with Crippen molar-refractivity contribution < 1.29 is 23.8 Å². The van der Waals surface area contributed by atoms with Gasteiger partial charge in [-0.05, 0) is 78.7 Å². The van der Waals surface area contributed by atoms with Crippen molar-refractivity contribution in [2.45, 2.75) is 32.7 Å². The van der Waals surface area contributed by atoms with Crippen LogP contribution in [0.4, 0.5) is 15.0 Å². The van der Waals surface area contributed by atoms with E-state index in [2.05, 4.69) is 20.7 Å². The van der Waals surface area contributed by atoms with Gasteiger partial charge in [0.2, 0.25) is 0 Å². The Hall–Kier alpha value is -3.93. The van der Waals surface area contributed by atoms with Gasteiger partial charge in [-0.3, -0.25) is 14.9 Å². The van der Waals surface area contributed by atoms with Gasteiger partial charge in [-0.15, -0.1) is 5.10 Å². The molecule has 1 aliphatic heterocycles. The van der Waals surface area contributed by atoms with Crippen LogP contribution in [0.15, 0.2) is 65.7 Å². The SMILES string of the molecule is CCC(CO)Nc1ccc2ncc(-c3ccc(F)c(Cl)c3)n2n1.CCCOc1ccc(C=C2SC(=O)NC2=O)cc1. The fraction of sp³-hybridized carbons (Fsp3) is 0.241. The lowest BCUT2D eigenvalue weighted by Crippen LogP contribution is -2.23. The lowest BCUT2D eigenvalue weighted by molar-refractivity contribution is -0.115. The lowest BCUT2D eigenvalue weighted by atomic mass is 10.2. The molecule has 4 aromatic rings. The van der Waals surface area contributed by atoms with Crippen molar-refractivity contribution in [2.24, 2.45) is 0 Å². The first kappa shape index (κ1) is 30.0. The molecule has 3 N–H and O–H groups in total. The zero-order valence-electron chi connectivity index (χ0n) is 22.4. The Bertz CT molecular complexity index is 1560. The number of carbonyl (C=O) groups excluding carboxylic acids is 2. The quantitative estimate of drug-likeness (QED) is 0.196. The number of aliphatic hydroxyl groups is 1. The van der Waals surface area contributed by atoms with Gasteiger partial charge in [0.05, 0.1) is 41.1 Å².